The number of nitrogens with zero attached hydrogens (tertiary/aromatic N) is 2. The van der Waals surface area contributed by atoms with Crippen LogP contribution in [0.5, 0.6) is 0 Å². The number of nitrogens with two attached hydrogens (primary N) is 1. The van der Waals surface area contributed by atoms with Gasteiger partial charge in [-0.2, -0.15) is 0 Å². The quantitative estimate of drug-likeness (QED) is 0.884. The standard InChI is InChI=1S/C13H15N3S/c1-9(14)11-8-17-13(15-11)16-7-6-10-4-2-3-5-12(10)16/h2-5,8-9H,6-7,14H2,1H3. The summed E-state index contributed by atoms with van der Waals surface area (Å²) in [6.45, 7) is 2.99. The summed E-state index contributed by atoms with van der Waals surface area (Å²) in [5.41, 5.74) is 9.52. The van der Waals surface area contributed by atoms with Crippen molar-refractivity contribution in [1.82, 2.24) is 4.98 Å². The third-order valence-corrected chi connectivity index (χ3v) is 3.98. The van der Waals surface area contributed by atoms with Gasteiger partial charge in [-0.25, -0.2) is 4.98 Å². The molecule has 1 aliphatic rings. The van der Waals surface area contributed by atoms with E-state index in [2.05, 4.69) is 39.5 Å². The van der Waals surface area contributed by atoms with Crippen molar-refractivity contribution in [2.24, 2.45) is 5.73 Å². The molecule has 2 N–H and O–H groups in total. The lowest BCUT2D eigenvalue weighted by Crippen LogP contribution is -2.13. The summed E-state index contributed by atoms with van der Waals surface area (Å²) in [7, 11) is 0. The number of fused-ring (bicyclic) bond motifs is 1. The Morgan fingerprint density at radius 2 is 2.24 bits per heavy atom. The summed E-state index contributed by atoms with van der Waals surface area (Å²) in [4.78, 5) is 6.89. The molecule has 88 valence electrons. The molecule has 0 aliphatic carbocycles. The largest absolute Gasteiger partial charge is 0.323 e. The smallest absolute Gasteiger partial charge is 0.190 e. The summed E-state index contributed by atoms with van der Waals surface area (Å²) in [5.74, 6) is 0. The van der Waals surface area contributed by atoms with E-state index in [9.17, 15) is 0 Å². The average Bonchev–Trinajstić information content (AvgIpc) is 2.95. The lowest BCUT2D eigenvalue weighted by molar-refractivity contribution is 0.787. The van der Waals surface area contributed by atoms with Gasteiger partial charge in [-0.05, 0) is 25.0 Å². The van der Waals surface area contributed by atoms with E-state index in [1.54, 1.807) is 11.3 Å². The van der Waals surface area contributed by atoms with Crippen LogP contribution in [-0.4, -0.2) is 11.5 Å². The van der Waals surface area contributed by atoms with Gasteiger partial charge >= 0.3 is 0 Å². The van der Waals surface area contributed by atoms with Crippen molar-refractivity contribution < 1.29 is 0 Å². The van der Waals surface area contributed by atoms with Gasteiger partial charge in [0, 0.05) is 23.7 Å². The zero-order valence-electron chi connectivity index (χ0n) is 9.76. The Morgan fingerprint density at radius 3 is 3.00 bits per heavy atom. The van der Waals surface area contributed by atoms with Crippen molar-refractivity contribution in [3.05, 3.63) is 40.9 Å². The van der Waals surface area contributed by atoms with Crippen LogP contribution in [-0.2, 0) is 6.42 Å². The van der Waals surface area contributed by atoms with Crippen molar-refractivity contribution in [2.75, 3.05) is 11.4 Å². The maximum absolute atomic E-state index is 5.85. The van der Waals surface area contributed by atoms with Crippen LogP contribution in [0.1, 0.15) is 24.2 Å². The molecule has 4 heteroatoms. The van der Waals surface area contributed by atoms with E-state index in [0.717, 1.165) is 23.8 Å². The molecule has 0 saturated carbocycles. The molecule has 2 aromatic rings. The molecule has 0 saturated heterocycles. The zero-order valence-corrected chi connectivity index (χ0v) is 10.6. The molecule has 0 amide bonds. The van der Waals surface area contributed by atoms with Gasteiger partial charge in [-0.3, -0.25) is 0 Å². The molecule has 0 fully saturated rings. The van der Waals surface area contributed by atoms with Gasteiger partial charge in [-0.1, -0.05) is 18.2 Å². The molecule has 0 radical (unpaired) electrons. The zero-order chi connectivity index (χ0) is 11.8. The van der Waals surface area contributed by atoms with Gasteiger partial charge in [0.15, 0.2) is 5.13 Å². The van der Waals surface area contributed by atoms with Gasteiger partial charge in [-0.15, -0.1) is 11.3 Å². The third-order valence-electron chi connectivity index (χ3n) is 3.09. The Balaban J connectivity index is 1.95. The van der Waals surface area contributed by atoms with Gasteiger partial charge in [0.05, 0.1) is 5.69 Å². The van der Waals surface area contributed by atoms with Crippen LogP contribution in [0.25, 0.3) is 0 Å². The molecule has 1 atom stereocenters. The molecule has 1 aliphatic heterocycles. The van der Waals surface area contributed by atoms with Crippen LogP contribution in [0.2, 0.25) is 0 Å². The molecule has 0 spiro atoms. The van der Waals surface area contributed by atoms with Gasteiger partial charge < -0.3 is 10.6 Å². The van der Waals surface area contributed by atoms with Crippen molar-refractivity contribution in [3.63, 3.8) is 0 Å². The fraction of sp³-hybridized carbons (Fsp3) is 0.308. The van der Waals surface area contributed by atoms with Crippen LogP contribution < -0.4 is 10.6 Å². The summed E-state index contributed by atoms with van der Waals surface area (Å²) in [5, 5.41) is 3.11. The van der Waals surface area contributed by atoms with E-state index >= 15 is 0 Å². The predicted molar refractivity (Wildman–Crippen MR) is 71.9 cm³/mol. The highest BCUT2D eigenvalue weighted by Crippen LogP contribution is 2.36. The molecule has 0 bridgehead atoms. The molecule has 1 aromatic heterocycles. The van der Waals surface area contributed by atoms with Gasteiger partial charge in [0.25, 0.3) is 0 Å². The summed E-state index contributed by atoms with van der Waals surface area (Å²) in [6, 6.07) is 8.54. The number of benzene rings is 1. The summed E-state index contributed by atoms with van der Waals surface area (Å²) < 4.78 is 0. The Labute approximate surface area is 105 Å². The second kappa shape index (κ2) is 4.13. The Kier molecular flexibility index (Phi) is 2.61. The molecule has 3 rings (SSSR count). The molecular formula is C13H15N3S. The number of hydrogen-bond donors (Lipinski definition) is 1. The molecule has 2 heterocycles. The van der Waals surface area contributed by atoms with Crippen molar-refractivity contribution >= 4 is 22.2 Å². The minimum absolute atomic E-state index is 0.0119. The first-order valence-corrected chi connectivity index (χ1v) is 6.70. The van der Waals surface area contributed by atoms with Crippen LogP contribution in [0, 0.1) is 0 Å². The van der Waals surface area contributed by atoms with Crippen LogP contribution in [0.4, 0.5) is 10.8 Å². The van der Waals surface area contributed by atoms with Crippen molar-refractivity contribution in [2.45, 2.75) is 19.4 Å². The second-order valence-corrected chi connectivity index (χ2v) is 5.21. The molecule has 1 aromatic carbocycles. The minimum Gasteiger partial charge on any atom is -0.323 e. The first-order valence-electron chi connectivity index (χ1n) is 5.82. The highest BCUT2D eigenvalue weighted by molar-refractivity contribution is 7.13. The van der Waals surface area contributed by atoms with E-state index in [-0.39, 0.29) is 6.04 Å². The Bertz CT molecular complexity index is 533. The minimum atomic E-state index is 0.0119. The number of para-hydroxylation sites is 1. The third kappa shape index (κ3) is 1.83. The van der Waals surface area contributed by atoms with Crippen LogP contribution in [0.15, 0.2) is 29.6 Å². The normalized spacial score (nSPS) is 16.0. The number of thiazole rings is 1. The first kappa shape index (κ1) is 10.7. The predicted octanol–water partition coefficient (Wildman–Crippen LogP) is 2.86. The number of aromatic nitrogens is 1. The molecule has 17 heavy (non-hydrogen) atoms. The monoisotopic (exact) mass is 245 g/mol. The molecular weight excluding hydrogens is 230 g/mol. The van der Waals surface area contributed by atoms with E-state index < -0.39 is 0 Å². The van der Waals surface area contributed by atoms with Gasteiger partial charge in [0.2, 0.25) is 0 Å². The second-order valence-electron chi connectivity index (χ2n) is 4.37. The van der Waals surface area contributed by atoms with E-state index in [1.165, 1.54) is 11.3 Å². The summed E-state index contributed by atoms with van der Waals surface area (Å²) >= 11 is 1.67. The number of rotatable bonds is 2. The average molecular weight is 245 g/mol. The van der Waals surface area contributed by atoms with E-state index in [4.69, 9.17) is 5.73 Å². The Morgan fingerprint density at radius 1 is 1.41 bits per heavy atom. The molecule has 3 nitrogen and oxygen atoms in total. The van der Waals surface area contributed by atoms with E-state index in [0.29, 0.717) is 0 Å². The number of hydrogen-bond acceptors (Lipinski definition) is 4. The molecule has 1 unspecified atom stereocenters. The topological polar surface area (TPSA) is 42.1 Å². The highest BCUT2D eigenvalue weighted by Gasteiger charge is 2.22. The Hall–Kier alpha value is -1.39. The summed E-state index contributed by atoms with van der Waals surface area (Å²) in [6.07, 6.45) is 1.10. The fourth-order valence-corrected chi connectivity index (χ4v) is 3.11. The van der Waals surface area contributed by atoms with E-state index in [1.807, 2.05) is 6.92 Å². The van der Waals surface area contributed by atoms with Crippen LogP contribution in [0.3, 0.4) is 0 Å². The lowest BCUT2D eigenvalue weighted by atomic mass is 10.2. The van der Waals surface area contributed by atoms with Gasteiger partial charge in [0.1, 0.15) is 0 Å². The maximum Gasteiger partial charge on any atom is 0.190 e. The van der Waals surface area contributed by atoms with Crippen LogP contribution >= 0.6 is 11.3 Å². The highest BCUT2D eigenvalue weighted by atomic mass is 32.1. The first-order chi connectivity index (χ1) is 8.25. The van der Waals surface area contributed by atoms with Crippen molar-refractivity contribution in [3.8, 4) is 0 Å². The van der Waals surface area contributed by atoms with Crippen molar-refractivity contribution in [1.29, 1.82) is 0 Å². The maximum atomic E-state index is 5.85. The fourth-order valence-electron chi connectivity index (χ4n) is 2.15. The number of anilines is 2. The SMILES string of the molecule is CC(N)c1csc(N2CCc3ccccc32)n1. The lowest BCUT2D eigenvalue weighted by Gasteiger charge is -2.15.